The summed E-state index contributed by atoms with van der Waals surface area (Å²) in [5.41, 5.74) is 5.54. The van der Waals surface area contributed by atoms with Crippen molar-refractivity contribution < 1.29 is 23.5 Å². The maximum Gasteiger partial charge on any atom is 0.411 e. The fraction of sp³-hybridized carbons (Fsp3) is 0.257. The van der Waals surface area contributed by atoms with Gasteiger partial charge >= 0.3 is 6.09 Å². The van der Waals surface area contributed by atoms with E-state index in [1.165, 1.54) is 13.2 Å². The molecule has 0 saturated carbocycles. The van der Waals surface area contributed by atoms with E-state index >= 15 is 0 Å². The summed E-state index contributed by atoms with van der Waals surface area (Å²) in [5, 5.41) is 6.63. The number of pyridine rings is 1. The van der Waals surface area contributed by atoms with E-state index in [0.29, 0.717) is 53.6 Å². The number of benzene rings is 3. The lowest BCUT2D eigenvalue weighted by molar-refractivity contribution is -0.129. The molecule has 2 aliphatic heterocycles. The summed E-state index contributed by atoms with van der Waals surface area (Å²) in [5.74, 6) is -1.16. The van der Waals surface area contributed by atoms with Crippen LogP contribution in [0.5, 0.6) is 0 Å². The number of carbonyl (C=O) groups is 3. The normalized spacial score (nSPS) is 18.5. The van der Waals surface area contributed by atoms with E-state index in [-0.39, 0.29) is 28.8 Å². The number of aromatic nitrogens is 1. The SMILES string of the molecule is COC(=O)Nc1ccc2c(c1)NC(=O)[C@H](C)CCC[C@H](N1CCC(c3cc(Cl)c(F)cc3Br)=CC1=O)c1cc-2c2ccccc2n1. The number of nitrogens with zero attached hydrogens (tertiary/aromatic N) is 2. The molecule has 0 aliphatic carbocycles. The zero-order valence-electron chi connectivity index (χ0n) is 25.2. The number of rotatable bonds is 3. The van der Waals surface area contributed by atoms with Gasteiger partial charge in [0, 0.05) is 39.6 Å². The van der Waals surface area contributed by atoms with Crippen LogP contribution >= 0.6 is 27.5 Å². The van der Waals surface area contributed by atoms with E-state index in [9.17, 15) is 18.8 Å². The first-order valence-electron chi connectivity index (χ1n) is 15.0. The van der Waals surface area contributed by atoms with Crippen molar-refractivity contribution in [3.8, 4) is 11.1 Å². The molecule has 2 N–H and O–H groups in total. The number of hydrogen-bond donors (Lipinski definition) is 2. The van der Waals surface area contributed by atoms with Crippen LogP contribution in [-0.2, 0) is 14.3 Å². The lowest BCUT2D eigenvalue weighted by Crippen LogP contribution is -2.38. The van der Waals surface area contributed by atoms with Crippen molar-refractivity contribution in [2.24, 2.45) is 5.92 Å². The molecule has 6 rings (SSSR count). The molecule has 46 heavy (non-hydrogen) atoms. The van der Waals surface area contributed by atoms with Crippen molar-refractivity contribution in [3.05, 3.63) is 93.3 Å². The molecule has 3 amide bonds. The first kappa shape index (κ1) is 31.7. The summed E-state index contributed by atoms with van der Waals surface area (Å²) >= 11 is 9.50. The molecular weight excluding hydrogens is 675 g/mol. The second-order valence-corrected chi connectivity index (χ2v) is 12.8. The molecule has 236 valence electrons. The number of amides is 3. The Labute approximate surface area is 279 Å². The molecule has 0 saturated heterocycles. The van der Waals surface area contributed by atoms with E-state index in [1.807, 2.05) is 48.2 Å². The van der Waals surface area contributed by atoms with Crippen LogP contribution in [0.4, 0.5) is 20.6 Å². The first-order chi connectivity index (χ1) is 22.1. The lowest BCUT2D eigenvalue weighted by Gasteiger charge is -2.35. The van der Waals surface area contributed by atoms with Crippen molar-refractivity contribution in [1.82, 2.24) is 9.88 Å². The predicted octanol–water partition coefficient (Wildman–Crippen LogP) is 8.75. The molecule has 1 aromatic heterocycles. The van der Waals surface area contributed by atoms with Crippen molar-refractivity contribution in [2.75, 3.05) is 24.3 Å². The van der Waals surface area contributed by atoms with Gasteiger partial charge in [0.25, 0.3) is 0 Å². The minimum atomic E-state index is -0.620. The summed E-state index contributed by atoms with van der Waals surface area (Å²) in [4.78, 5) is 46.1. The van der Waals surface area contributed by atoms with Gasteiger partial charge in [0.2, 0.25) is 11.8 Å². The molecule has 0 unspecified atom stereocenters. The number of halogens is 3. The third-order valence-electron chi connectivity index (χ3n) is 8.57. The molecule has 0 radical (unpaired) electrons. The van der Waals surface area contributed by atoms with Crippen molar-refractivity contribution in [2.45, 2.75) is 38.6 Å². The molecule has 0 spiro atoms. The quantitative estimate of drug-likeness (QED) is 0.208. The van der Waals surface area contributed by atoms with Crippen LogP contribution in [0.25, 0.3) is 27.6 Å². The highest BCUT2D eigenvalue weighted by molar-refractivity contribution is 9.10. The number of fused-ring (bicyclic) bond motifs is 6. The molecule has 2 atom stereocenters. The maximum absolute atomic E-state index is 14.0. The van der Waals surface area contributed by atoms with Gasteiger partial charge in [0.1, 0.15) is 5.82 Å². The van der Waals surface area contributed by atoms with Crippen LogP contribution in [0.2, 0.25) is 5.02 Å². The number of anilines is 2. The number of hydrogen-bond acceptors (Lipinski definition) is 5. The molecule has 3 heterocycles. The van der Waals surface area contributed by atoms with Gasteiger partial charge in [0.05, 0.1) is 35.1 Å². The van der Waals surface area contributed by atoms with Crippen LogP contribution in [0.15, 0.2) is 71.2 Å². The Morgan fingerprint density at radius 2 is 1.89 bits per heavy atom. The van der Waals surface area contributed by atoms with Crippen molar-refractivity contribution in [1.29, 1.82) is 0 Å². The Morgan fingerprint density at radius 1 is 1.09 bits per heavy atom. The van der Waals surface area contributed by atoms with Gasteiger partial charge in [-0.15, -0.1) is 0 Å². The van der Waals surface area contributed by atoms with E-state index in [4.69, 9.17) is 21.3 Å². The van der Waals surface area contributed by atoms with Crippen LogP contribution in [0.3, 0.4) is 0 Å². The molecule has 2 aliphatic rings. The summed E-state index contributed by atoms with van der Waals surface area (Å²) < 4.78 is 19.3. The van der Waals surface area contributed by atoms with E-state index in [0.717, 1.165) is 33.3 Å². The molecule has 4 aromatic rings. The topological polar surface area (TPSA) is 101 Å². The minimum Gasteiger partial charge on any atom is -0.453 e. The number of para-hydroxylation sites is 1. The Kier molecular flexibility index (Phi) is 9.11. The Hall–Kier alpha value is -4.28. The second-order valence-electron chi connectivity index (χ2n) is 11.5. The fourth-order valence-corrected chi connectivity index (χ4v) is 6.87. The minimum absolute atomic E-state index is 0.00664. The van der Waals surface area contributed by atoms with Crippen LogP contribution in [-0.4, -0.2) is 41.4 Å². The Morgan fingerprint density at radius 3 is 2.67 bits per heavy atom. The number of methoxy groups -OCH3 is 1. The largest absolute Gasteiger partial charge is 0.453 e. The molecule has 3 aromatic carbocycles. The molecule has 0 fully saturated rings. The smallest absolute Gasteiger partial charge is 0.411 e. The fourth-order valence-electron chi connectivity index (χ4n) is 6.13. The van der Waals surface area contributed by atoms with Crippen molar-refractivity contribution >= 4 is 73.3 Å². The molecule has 2 bridgehead atoms. The number of nitrogens with one attached hydrogen (secondary N) is 2. The first-order valence-corrected chi connectivity index (χ1v) is 16.2. The zero-order chi connectivity index (χ0) is 32.5. The highest BCUT2D eigenvalue weighted by atomic mass is 79.9. The lowest BCUT2D eigenvalue weighted by atomic mass is 9.91. The van der Waals surface area contributed by atoms with Gasteiger partial charge in [-0.2, -0.15) is 0 Å². The maximum atomic E-state index is 14.0. The Bertz CT molecular complexity index is 1920. The van der Waals surface area contributed by atoms with E-state index in [1.54, 1.807) is 24.3 Å². The number of carbonyl (C=O) groups excluding carboxylic acids is 3. The third kappa shape index (κ3) is 6.37. The van der Waals surface area contributed by atoms with Gasteiger partial charge in [-0.25, -0.2) is 9.18 Å². The van der Waals surface area contributed by atoms with Crippen LogP contribution < -0.4 is 10.6 Å². The van der Waals surface area contributed by atoms with Gasteiger partial charge in [-0.1, -0.05) is 65.1 Å². The van der Waals surface area contributed by atoms with Crippen LogP contribution in [0, 0.1) is 11.7 Å². The van der Waals surface area contributed by atoms with Gasteiger partial charge < -0.3 is 15.0 Å². The monoisotopic (exact) mass is 704 g/mol. The highest BCUT2D eigenvalue weighted by Gasteiger charge is 2.31. The Balaban J connectivity index is 1.46. The zero-order valence-corrected chi connectivity index (χ0v) is 27.5. The average Bonchev–Trinajstić information content (AvgIpc) is 3.04. The molecule has 8 nitrogen and oxygen atoms in total. The molecular formula is C35H31BrClFN4O4. The summed E-state index contributed by atoms with van der Waals surface area (Å²) in [7, 11) is 1.29. The summed E-state index contributed by atoms with van der Waals surface area (Å²) in [6.45, 7) is 2.31. The van der Waals surface area contributed by atoms with Gasteiger partial charge in [0.15, 0.2) is 0 Å². The van der Waals surface area contributed by atoms with Gasteiger partial charge in [-0.3, -0.25) is 19.9 Å². The van der Waals surface area contributed by atoms with Crippen LogP contribution in [0.1, 0.15) is 49.9 Å². The third-order valence-corrected chi connectivity index (χ3v) is 9.52. The summed E-state index contributed by atoms with van der Waals surface area (Å²) in [6.07, 6.45) is 3.41. The van der Waals surface area contributed by atoms with E-state index in [2.05, 4.69) is 26.6 Å². The highest BCUT2D eigenvalue weighted by Crippen LogP contribution is 2.41. The van der Waals surface area contributed by atoms with Crippen molar-refractivity contribution in [3.63, 3.8) is 0 Å². The summed E-state index contributed by atoms with van der Waals surface area (Å²) in [6, 6.07) is 17.6. The standard InChI is InChI=1S/C35H31BrClFN4O4/c1-19-6-5-9-32(42-13-12-20(14-33(42)43)24-16-27(37)28(38)18-26(24)36)31-17-25(22-7-3-4-8-29(22)40-31)23-11-10-21(39-35(45)46-2)15-30(23)41-34(19)44/h3-4,7-8,10-11,14-19,32H,5-6,9,12-13H2,1-2H3,(H,39,45)(H,41,44)/t19-,32+/m1/s1. The van der Waals surface area contributed by atoms with E-state index < -0.39 is 11.9 Å². The average molecular weight is 706 g/mol. The second kappa shape index (κ2) is 13.2. The van der Waals surface area contributed by atoms with Gasteiger partial charge in [-0.05, 0) is 72.4 Å². The molecule has 11 heteroatoms. The number of ether oxygens (including phenoxy) is 1. The predicted molar refractivity (Wildman–Crippen MR) is 181 cm³/mol.